The third-order valence-electron chi connectivity index (χ3n) is 3.05. The smallest absolute Gasteiger partial charge is 0.335 e. The van der Waals surface area contributed by atoms with Crippen LogP contribution in [0.4, 0.5) is 0 Å². The first kappa shape index (κ1) is 14.3. The van der Waals surface area contributed by atoms with Crippen LogP contribution in [0.5, 0.6) is 0 Å². The number of sulfone groups is 1. The molecule has 0 aliphatic rings. The van der Waals surface area contributed by atoms with Gasteiger partial charge < -0.3 is 5.11 Å². The fraction of sp³-hybridized carbons (Fsp3) is 0.133. The van der Waals surface area contributed by atoms with Gasteiger partial charge in [-0.05, 0) is 36.2 Å². The highest BCUT2D eigenvalue weighted by Crippen LogP contribution is 2.19. The van der Waals surface area contributed by atoms with Crippen molar-refractivity contribution >= 4 is 15.8 Å². The van der Waals surface area contributed by atoms with E-state index in [1.54, 1.807) is 12.1 Å². The number of hydrogen-bond donors (Lipinski definition) is 1. The van der Waals surface area contributed by atoms with Gasteiger partial charge >= 0.3 is 5.97 Å². The number of carboxylic acid groups (broad SMARTS) is 1. The standard InChI is InChI=1S/C15H14O4S/c1-11-5-2-3-6-13(11)10-20(18,19)14-8-4-7-12(9-14)15(16)17/h2-9H,10H2,1H3,(H,16,17). The predicted octanol–water partition coefficient (Wildman–Crippen LogP) is 2.67. The molecular formula is C15H14O4S. The van der Waals surface area contributed by atoms with Crippen molar-refractivity contribution in [3.63, 3.8) is 0 Å². The molecule has 104 valence electrons. The Hall–Kier alpha value is -2.14. The van der Waals surface area contributed by atoms with Gasteiger partial charge in [0.05, 0.1) is 16.2 Å². The van der Waals surface area contributed by atoms with Crippen LogP contribution in [0.15, 0.2) is 53.4 Å². The van der Waals surface area contributed by atoms with Crippen molar-refractivity contribution in [3.8, 4) is 0 Å². The molecule has 0 bridgehead atoms. The van der Waals surface area contributed by atoms with Crippen LogP contribution < -0.4 is 0 Å². The molecule has 4 nitrogen and oxygen atoms in total. The Labute approximate surface area is 117 Å². The van der Waals surface area contributed by atoms with Crippen molar-refractivity contribution in [2.45, 2.75) is 17.6 Å². The van der Waals surface area contributed by atoms with Crippen LogP contribution in [0.25, 0.3) is 0 Å². The van der Waals surface area contributed by atoms with Gasteiger partial charge in [-0.1, -0.05) is 30.3 Å². The Morgan fingerprint density at radius 3 is 2.45 bits per heavy atom. The first-order valence-electron chi connectivity index (χ1n) is 6.01. The van der Waals surface area contributed by atoms with Crippen molar-refractivity contribution in [2.75, 3.05) is 0 Å². The summed E-state index contributed by atoms with van der Waals surface area (Å²) in [5.41, 5.74) is 1.58. The van der Waals surface area contributed by atoms with Crippen LogP contribution in [0.2, 0.25) is 0 Å². The lowest BCUT2D eigenvalue weighted by molar-refractivity contribution is 0.0696. The Kier molecular flexibility index (Phi) is 3.90. The zero-order valence-electron chi connectivity index (χ0n) is 10.9. The van der Waals surface area contributed by atoms with Crippen LogP contribution in [-0.4, -0.2) is 19.5 Å². The van der Waals surface area contributed by atoms with Crippen LogP contribution in [0.3, 0.4) is 0 Å². The van der Waals surface area contributed by atoms with Gasteiger partial charge in [0.25, 0.3) is 0 Å². The summed E-state index contributed by atoms with van der Waals surface area (Å²) in [7, 11) is -3.56. The summed E-state index contributed by atoms with van der Waals surface area (Å²) in [5.74, 6) is -1.28. The molecule has 0 fully saturated rings. The van der Waals surface area contributed by atoms with Crippen molar-refractivity contribution in [1.82, 2.24) is 0 Å². The largest absolute Gasteiger partial charge is 0.478 e. The van der Waals surface area contributed by atoms with Gasteiger partial charge in [-0.25, -0.2) is 13.2 Å². The van der Waals surface area contributed by atoms with E-state index in [1.165, 1.54) is 24.3 Å². The molecule has 0 aliphatic carbocycles. The second-order valence-electron chi connectivity index (χ2n) is 4.52. The van der Waals surface area contributed by atoms with Gasteiger partial charge in [0, 0.05) is 0 Å². The van der Waals surface area contributed by atoms with Gasteiger partial charge in [-0.2, -0.15) is 0 Å². The van der Waals surface area contributed by atoms with E-state index in [0.717, 1.165) is 5.56 Å². The molecule has 20 heavy (non-hydrogen) atoms. The average Bonchev–Trinajstić information content (AvgIpc) is 2.41. The molecule has 0 atom stereocenters. The van der Waals surface area contributed by atoms with Gasteiger partial charge in [0.1, 0.15) is 0 Å². The summed E-state index contributed by atoms with van der Waals surface area (Å²) < 4.78 is 24.7. The minimum atomic E-state index is -3.56. The van der Waals surface area contributed by atoms with Crippen LogP contribution in [-0.2, 0) is 15.6 Å². The van der Waals surface area contributed by atoms with Crippen molar-refractivity contribution in [3.05, 3.63) is 65.2 Å². The second kappa shape index (κ2) is 5.46. The molecule has 0 radical (unpaired) electrons. The Bertz CT molecular complexity index is 748. The fourth-order valence-corrected chi connectivity index (χ4v) is 3.38. The maximum atomic E-state index is 12.3. The van der Waals surface area contributed by atoms with E-state index >= 15 is 0 Å². The topological polar surface area (TPSA) is 71.4 Å². The maximum Gasteiger partial charge on any atom is 0.335 e. The summed E-state index contributed by atoms with van der Waals surface area (Å²) in [6.07, 6.45) is 0. The highest BCUT2D eigenvalue weighted by molar-refractivity contribution is 7.90. The van der Waals surface area contributed by atoms with E-state index in [4.69, 9.17) is 5.11 Å². The average molecular weight is 290 g/mol. The predicted molar refractivity (Wildman–Crippen MR) is 75.5 cm³/mol. The summed E-state index contributed by atoms with van der Waals surface area (Å²) in [4.78, 5) is 10.9. The number of carbonyl (C=O) groups is 1. The first-order valence-corrected chi connectivity index (χ1v) is 7.66. The Balaban J connectivity index is 2.38. The van der Waals surface area contributed by atoms with Gasteiger partial charge in [0.15, 0.2) is 9.84 Å². The van der Waals surface area contributed by atoms with E-state index in [1.807, 2.05) is 19.1 Å². The molecule has 0 saturated heterocycles. The highest BCUT2D eigenvalue weighted by Gasteiger charge is 2.17. The number of aromatic carboxylic acids is 1. The SMILES string of the molecule is Cc1ccccc1CS(=O)(=O)c1cccc(C(=O)O)c1. The molecule has 5 heteroatoms. The zero-order chi connectivity index (χ0) is 14.8. The molecule has 2 aromatic carbocycles. The van der Waals surface area contributed by atoms with Crippen molar-refractivity contribution in [2.24, 2.45) is 0 Å². The van der Waals surface area contributed by atoms with Crippen LogP contribution in [0.1, 0.15) is 21.5 Å². The minimum absolute atomic E-state index is 0.0284. The maximum absolute atomic E-state index is 12.3. The fourth-order valence-electron chi connectivity index (χ4n) is 1.88. The quantitative estimate of drug-likeness (QED) is 0.939. The normalized spacial score (nSPS) is 11.2. The number of hydrogen-bond acceptors (Lipinski definition) is 3. The molecular weight excluding hydrogens is 276 g/mol. The lowest BCUT2D eigenvalue weighted by atomic mass is 10.1. The third kappa shape index (κ3) is 3.05. The van der Waals surface area contributed by atoms with Gasteiger partial charge in [-0.3, -0.25) is 0 Å². The summed E-state index contributed by atoms with van der Waals surface area (Å²) in [5, 5.41) is 8.91. The molecule has 0 heterocycles. The van der Waals surface area contributed by atoms with E-state index in [9.17, 15) is 13.2 Å². The molecule has 0 aromatic heterocycles. The number of benzene rings is 2. The van der Waals surface area contributed by atoms with E-state index in [2.05, 4.69) is 0 Å². The van der Waals surface area contributed by atoms with Crippen LogP contribution in [0, 0.1) is 6.92 Å². The molecule has 0 amide bonds. The number of carboxylic acids is 1. The summed E-state index contributed by atoms with van der Waals surface area (Å²) >= 11 is 0. The Morgan fingerprint density at radius 1 is 1.10 bits per heavy atom. The number of rotatable bonds is 4. The molecule has 0 unspecified atom stereocenters. The Morgan fingerprint density at radius 2 is 1.80 bits per heavy atom. The van der Waals surface area contributed by atoms with Gasteiger partial charge in [-0.15, -0.1) is 0 Å². The van der Waals surface area contributed by atoms with Crippen molar-refractivity contribution < 1.29 is 18.3 Å². The van der Waals surface area contributed by atoms with Crippen LogP contribution >= 0.6 is 0 Å². The van der Waals surface area contributed by atoms with Gasteiger partial charge in [0.2, 0.25) is 0 Å². The monoisotopic (exact) mass is 290 g/mol. The molecule has 0 saturated carbocycles. The minimum Gasteiger partial charge on any atom is -0.478 e. The molecule has 2 aromatic rings. The zero-order valence-corrected chi connectivity index (χ0v) is 11.7. The van der Waals surface area contributed by atoms with E-state index < -0.39 is 15.8 Å². The first-order chi connectivity index (χ1) is 9.40. The lowest BCUT2D eigenvalue weighted by Gasteiger charge is -2.08. The van der Waals surface area contributed by atoms with E-state index in [0.29, 0.717) is 5.56 Å². The molecule has 0 aliphatic heterocycles. The molecule has 0 spiro atoms. The number of aryl methyl sites for hydroxylation is 1. The molecule has 2 rings (SSSR count). The lowest BCUT2D eigenvalue weighted by Crippen LogP contribution is -2.07. The highest BCUT2D eigenvalue weighted by atomic mass is 32.2. The van der Waals surface area contributed by atoms with Crippen molar-refractivity contribution in [1.29, 1.82) is 0 Å². The second-order valence-corrected chi connectivity index (χ2v) is 6.51. The summed E-state index contributed by atoms with van der Waals surface area (Å²) in [6, 6.07) is 12.6. The molecule has 1 N–H and O–H groups in total. The summed E-state index contributed by atoms with van der Waals surface area (Å²) in [6.45, 7) is 1.85. The third-order valence-corrected chi connectivity index (χ3v) is 4.71. The van der Waals surface area contributed by atoms with E-state index in [-0.39, 0.29) is 16.2 Å².